The first kappa shape index (κ1) is 13.5. The molecule has 1 atom stereocenters. The third kappa shape index (κ3) is 3.49. The van der Waals surface area contributed by atoms with E-state index in [0.29, 0.717) is 19.5 Å². The number of hydrogen-bond donors (Lipinski definition) is 1. The number of carboxylic acid groups (broad SMARTS) is 1. The molecule has 2 heterocycles. The second kappa shape index (κ2) is 5.77. The maximum absolute atomic E-state index is 12.7. The summed E-state index contributed by atoms with van der Waals surface area (Å²) in [5.41, 5.74) is 0.222. The van der Waals surface area contributed by atoms with Crippen LogP contribution in [-0.2, 0) is 4.79 Å². The largest absolute Gasteiger partial charge is 0.481 e. The van der Waals surface area contributed by atoms with E-state index >= 15 is 0 Å². The third-order valence-electron chi connectivity index (χ3n) is 3.29. The quantitative estimate of drug-likeness (QED) is 0.897. The molecule has 1 unspecified atom stereocenters. The van der Waals surface area contributed by atoms with Gasteiger partial charge in [0.25, 0.3) is 5.91 Å². The van der Waals surface area contributed by atoms with E-state index in [2.05, 4.69) is 4.98 Å². The Kier molecular flexibility index (Phi) is 4.09. The molecule has 1 aliphatic rings. The maximum atomic E-state index is 12.7. The van der Waals surface area contributed by atoms with E-state index in [4.69, 9.17) is 5.11 Å². The second-order valence-corrected chi connectivity index (χ2v) is 4.70. The summed E-state index contributed by atoms with van der Waals surface area (Å²) in [6, 6.07) is 2.57. The SMILES string of the molecule is O=C(O)CCC1CCN(C(=O)c2ccc(F)cn2)C1. The second-order valence-electron chi connectivity index (χ2n) is 4.70. The number of carbonyl (C=O) groups excluding carboxylic acids is 1. The van der Waals surface area contributed by atoms with E-state index in [-0.39, 0.29) is 23.9 Å². The van der Waals surface area contributed by atoms with E-state index in [1.807, 2.05) is 0 Å². The number of pyridine rings is 1. The molecular weight excluding hydrogens is 251 g/mol. The van der Waals surface area contributed by atoms with Crippen molar-refractivity contribution in [2.75, 3.05) is 13.1 Å². The van der Waals surface area contributed by atoms with Gasteiger partial charge < -0.3 is 10.0 Å². The smallest absolute Gasteiger partial charge is 0.303 e. The van der Waals surface area contributed by atoms with Crippen LogP contribution in [0.15, 0.2) is 18.3 Å². The molecule has 0 aromatic carbocycles. The van der Waals surface area contributed by atoms with Crippen LogP contribution in [0.25, 0.3) is 0 Å². The van der Waals surface area contributed by atoms with Crippen molar-refractivity contribution in [2.45, 2.75) is 19.3 Å². The summed E-state index contributed by atoms with van der Waals surface area (Å²) in [5, 5.41) is 8.63. The molecule has 5 nitrogen and oxygen atoms in total. The van der Waals surface area contributed by atoms with E-state index in [1.165, 1.54) is 12.1 Å². The highest BCUT2D eigenvalue weighted by molar-refractivity contribution is 5.92. The molecular formula is C13H15FN2O3. The minimum absolute atomic E-state index is 0.126. The van der Waals surface area contributed by atoms with Crippen molar-refractivity contribution in [3.63, 3.8) is 0 Å². The van der Waals surface area contributed by atoms with E-state index in [1.54, 1.807) is 4.90 Å². The van der Waals surface area contributed by atoms with Crippen LogP contribution in [0.3, 0.4) is 0 Å². The lowest BCUT2D eigenvalue weighted by Crippen LogP contribution is -2.29. The Hall–Kier alpha value is -1.98. The molecule has 102 valence electrons. The average Bonchev–Trinajstić information content (AvgIpc) is 2.85. The van der Waals surface area contributed by atoms with Crippen molar-refractivity contribution in [3.05, 3.63) is 29.8 Å². The molecule has 1 aromatic heterocycles. The Morgan fingerprint density at radius 1 is 1.47 bits per heavy atom. The van der Waals surface area contributed by atoms with Gasteiger partial charge in [-0.15, -0.1) is 0 Å². The minimum Gasteiger partial charge on any atom is -0.481 e. The van der Waals surface area contributed by atoms with Gasteiger partial charge >= 0.3 is 5.97 Å². The van der Waals surface area contributed by atoms with Crippen LogP contribution < -0.4 is 0 Å². The van der Waals surface area contributed by atoms with Gasteiger partial charge in [-0.05, 0) is 30.9 Å². The summed E-state index contributed by atoms with van der Waals surface area (Å²) in [6.45, 7) is 1.15. The monoisotopic (exact) mass is 266 g/mol. The van der Waals surface area contributed by atoms with Gasteiger partial charge in [0.2, 0.25) is 0 Å². The zero-order valence-corrected chi connectivity index (χ0v) is 10.4. The highest BCUT2D eigenvalue weighted by Gasteiger charge is 2.27. The fourth-order valence-electron chi connectivity index (χ4n) is 2.24. The zero-order valence-electron chi connectivity index (χ0n) is 10.4. The summed E-state index contributed by atoms with van der Waals surface area (Å²) >= 11 is 0. The third-order valence-corrected chi connectivity index (χ3v) is 3.29. The topological polar surface area (TPSA) is 70.5 Å². The van der Waals surface area contributed by atoms with Crippen LogP contribution in [0.4, 0.5) is 4.39 Å². The Bertz CT molecular complexity index is 475. The molecule has 6 heteroatoms. The van der Waals surface area contributed by atoms with E-state index < -0.39 is 11.8 Å². The van der Waals surface area contributed by atoms with Crippen molar-refractivity contribution >= 4 is 11.9 Å². The summed E-state index contributed by atoms with van der Waals surface area (Å²) in [6.07, 6.45) is 2.53. The lowest BCUT2D eigenvalue weighted by atomic mass is 10.0. The lowest BCUT2D eigenvalue weighted by molar-refractivity contribution is -0.137. The molecule has 1 N–H and O–H groups in total. The van der Waals surface area contributed by atoms with Crippen LogP contribution in [0.1, 0.15) is 29.8 Å². The molecule has 1 fully saturated rings. The van der Waals surface area contributed by atoms with Gasteiger partial charge in [0.15, 0.2) is 0 Å². The van der Waals surface area contributed by atoms with Gasteiger partial charge in [0, 0.05) is 19.5 Å². The molecule has 1 saturated heterocycles. The zero-order chi connectivity index (χ0) is 13.8. The molecule has 0 bridgehead atoms. The first-order valence-electron chi connectivity index (χ1n) is 6.19. The van der Waals surface area contributed by atoms with Gasteiger partial charge in [-0.1, -0.05) is 0 Å². The number of carbonyl (C=O) groups is 2. The van der Waals surface area contributed by atoms with Crippen LogP contribution in [-0.4, -0.2) is 40.0 Å². The maximum Gasteiger partial charge on any atom is 0.303 e. The number of likely N-dealkylation sites (tertiary alicyclic amines) is 1. The number of amides is 1. The number of nitrogens with zero attached hydrogens (tertiary/aromatic N) is 2. The first-order valence-corrected chi connectivity index (χ1v) is 6.19. The predicted molar refractivity (Wildman–Crippen MR) is 65.1 cm³/mol. The summed E-state index contributed by atoms with van der Waals surface area (Å²) in [4.78, 5) is 28.0. The standard InChI is InChI=1S/C13H15FN2O3/c14-10-2-3-11(15-7-10)13(19)16-6-5-9(8-16)1-4-12(17)18/h2-3,7,9H,1,4-6,8H2,(H,17,18). The Morgan fingerprint density at radius 2 is 2.26 bits per heavy atom. The van der Waals surface area contributed by atoms with Crippen LogP contribution in [0, 0.1) is 11.7 Å². The predicted octanol–water partition coefficient (Wildman–Crippen LogP) is 1.55. The average molecular weight is 266 g/mol. The number of halogens is 1. The van der Waals surface area contributed by atoms with Gasteiger partial charge in [0.1, 0.15) is 11.5 Å². The van der Waals surface area contributed by atoms with Crippen molar-refractivity contribution in [2.24, 2.45) is 5.92 Å². The van der Waals surface area contributed by atoms with Crippen molar-refractivity contribution < 1.29 is 19.1 Å². The molecule has 0 radical (unpaired) electrons. The van der Waals surface area contributed by atoms with Gasteiger partial charge in [-0.3, -0.25) is 9.59 Å². The van der Waals surface area contributed by atoms with E-state index in [9.17, 15) is 14.0 Å². The number of rotatable bonds is 4. The lowest BCUT2D eigenvalue weighted by Gasteiger charge is -2.15. The van der Waals surface area contributed by atoms with Crippen molar-refractivity contribution in [3.8, 4) is 0 Å². The molecule has 0 aliphatic carbocycles. The highest BCUT2D eigenvalue weighted by atomic mass is 19.1. The Labute approximate surface area is 110 Å². The van der Waals surface area contributed by atoms with Gasteiger partial charge in [-0.25, -0.2) is 9.37 Å². The molecule has 19 heavy (non-hydrogen) atoms. The van der Waals surface area contributed by atoms with Crippen LogP contribution in [0.5, 0.6) is 0 Å². The number of aromatic nitrogens is 1. The summed E-state index contributed by atoms with van der Waals surface area (Å²) in [5.74, 6) is -1.29. The number of carboxylic acids is 1. The van der Waals surface area contributed by atoms with Gasteiger partial charge in [-0.2, -0.15) is 0 Å². The molecule has 1 aromatic rings. The highest BCUT2D eigenvalue weighted by Crippen LogP contribution is 2.22. The fraction of sp³-hybridized carbons (Fsp3) is 0.462. The van der Waals surface area contributed by atoms with Crippen LogP contribution in [0.2, 0.25) is 0 Å². The van der Waals surface area contributed by atoms with Crippen molar-refractivity contribution in [1.29, 1.82) is 0 Å². The first-order chi connectivity index (χ1) is 9.06. The Morgan fingerprint density at radius 3 is 2.89 bits per heavy atom. The summed E-state index contributed by atoms with van der Waals surface area (Å²) in [7, 11) is 0. The van der Waals surface area contributed by atoms with Crippen LogP contribution >= 0.6 is 0 Å². The molecule has 1 aliphatic heterocycles. The van der Waals surface area contributed by atoms with Gasteiger partial charge in [0.05, 0.1) is 6.20 Å². The Balaban J connectivity index is 1.91. The normalized spacial score (nSPS) is 18.6. The number of aliphatic carboxylic acids is 1. The molecule has 0 saturated carbocycles. The minimum atomic E-state index is -0.815. The molecule has 1 amide bonds. The molecule has 0 spiro atoms. The van der Waals surface area contributed by atoms with Crippen molar-refractivity contribution in [1.82, 2.24) is 9.88 Å². The molecule has 2 rings (SSSR count). The number of hydrogen-bond acceptors (Lipinski definition) is 3. The summed E-state index contributed by atoms with van der Waals surface area (Å²) < 4.78 is 12.7. The van der Waals surface area contributed by atoms with E-state index in [0.717, 1.165) is 12.6 Å². The fourth-order valence-corrected chi connectivity index (χ4v) is 2.24.